The maximum atomic E-state index is 12.6. The van der Waals surface area contributed by atoms with Crippen molar-refractivity contribution >= 4 is 11.6 Å². The molecule has 2 saturated heterocycles. The molecule has 2 aliphatic heterocycles. The third-order valence-corrected chi connectivity index (χ3v) is 5.56. The highest BCUT2D eigenvalue weighted by Crippen LogP contribution is 2.17. The molecule has 154 valence electrons. The molecule has 1 N–H and O–H groups in total. The lowest BCUT2D eigenvalue weighted by Gasteiger charge is -2.28. The highest BCUT2D eigenvalue weighted by atomic mass is 16.5. The smallest absolute Gasteiger partial charge is 0.251 e. The number of rotatable bonds is 6. The molecular weight excluding hydrogens is 366 g/mol. The Morgan fingerprint density at radius 1 is 0.828 bits per heavy atom. The number of hydrogen-bond donors (Lipinski definition) is 1. The predicted molar refractivity (Wildman–Crippen MR) is 113 cm³/mol. The van der Waals surface area contributed by atoms with E-state index in [-0.39, 0.29) is 5.91 Å². The van der Waals surface area contributed by atoms with E-state index in [1.54, 1.807) is 0 Å². The number of hydrogen-bond acceptors (Lipinski definition) is 5. The van der Waals surface area contributed by atoms with Gasteiger partial charge in [-0.3, -0.25) is 9.69 Å². The van der Waals surface area contributed by atoms with E-state index in [1.807, 2.05) is 30.3 Å². The average Bonchev–Trinajstić information content (AvgIpc) is 2.80. The van der Waals surface area contributed by atoms with E-state index in [4.69, 9.17) is 9.47 Å². The van der Waals surface area contributed by atoms with Gasteiger partial charge in [-0.25, -0.2) is 0 Å². The molecule has 0 atom stereocenters. The number of carbonyl (C=O) groups is 1. The molecule has 2 aromatic rings. The van der Waals surface area contributed by atoms with E-state index in [1.165, 1.54) is 5.56 Å². The summed E-state index contributed by atoms with van der Waals surface area (Å²) in [7, 11) is 0. The number of anilines is 1. The number of ether oxygens (including phenoxy) is 2. The van der Waals surface area contributed by atoms with E-state index in [0.29, 0.717) is 12.1 Å². The second kappa shape index (κ2) is 9.87. The first-order valence-corrected chi connectivity index (χ1v) is 10.4. The Balaban J connectivity index is 1.34. The summed E-state index contributed by atoms with van der Waals surface area (Å²) >= 11 is 0. The van der Waals surface area contributed by atoms with Gasteiger partial charge >= 0.3 is 0 Å². The first kappa shape index (κ1) is 19.9. The molecule has 0 radical (unpaired) electrons. The van der Waals surface area contributed by atoms with Crippen LogP contribution >= 0.6 is 0 Å². The summed E-state index contributed by atoms with van der Waals surface area (Å²) in [6.45, 7) is 8.22. The Labute approximate surface area is 172 Å². The monoisotopic (exact) mass is 395 g/mol. The number of morpholine rings is 2. The van der Waals surface area contributed by atoms with Gasteiger partial charge in [0.25, 0.3) is 5.91 Å². The fraction of sp³-hybridized carbons (Fsp3) is 0.435. The fourth-order valence-corrected chi connectivity index (χ4v) is 3.81. The summed E-state index contributed by atoms with van der Waals surface area (Å²) < 4.78 is 10.8. The Bertz CT molecular complexity index is 797. The fourth-order valence-electron chi connectivity index (χ4n) is 3.81. The van der Waals surface area contributed by atoms with Crippen molar-refractivity contribution in [2.45, 2.75) is 13.1 Å². The molecule has 4 rings (SSSR count). The van der Waals surface area contributed by atoms with Crippen molar-refractivity contribution < 1.29 is 14.3 Å². The van der Waals surface area contributed by atoms with Gasteiger partial charge in [-0.15, -0.1) is 0 Å². The van der Waals surface area contributed by atoms with Gasteiger partial charge < -0.3 is 19.7 Å². The summed E-state index contributed by atoms with van der Waals surface area (Å²) in [6, 6.07) is 16.2. The minimum absolute atomic E-state index is 0.0419. The molecule has 2 heterocycles. The van der Waals surface area contributed by atoms with Crippen molar-refractivity contribution in [2.24, 2.45) is 0 Å². The van der Waals surface area contributed by atoms with Crippen molar-refractivity contribution in [1.29, 1.82) is 0 Å². The zero-order chi connectivity index (χ0) is 19.9. The van der Waals surface area contributed by atoms with Gasteiger partial charge in [0.1, 0.15) is 0 Å². The van der Waals surface area contributed by atoms with Crippen LogP contribution in [0.4, 0.5) is 5.69 Å². The highest BCUT2D eigenvalue weighted by Gasteiger charge is 2.14. The lowest BCUT2D eigenvalue weighted by atomic mass is 10.1. The zero-order valence-electron chi connectivity index (χ0n) is 16.8. The summed E-state index contributed by atoms with van der Waals surface area (Å²) in [5.74, 6) is -0.0419. The predicted octanol–water partition coefficient (Wildman–Crippen LogP) is 2.29. The topological polar surface area (TPSA) is 54.0 Å². The second-order valence-corrected chi connectivity index (χ2v) is 7.49. The third kappa shape index (κ3) is 5.35. The molecule has 2 fully saturated rings. The van der Waals surface area contributed by atoms with Crippen molar-refractivity contribution in [1.82, 2.24) is 10.2 Å². The van der Waals surface area contributed by atoms with Gasteiger partial charge in [-0.1, -0.05) is 24.3 Å². The van der Waals surface area contributed by atoms with Gasteiger partial charge in [0.05, 0.1) is 26.4 Å². The van der Waals surface area contributed by atoms with Crippen LogP contribution in [0.5, 0.6) is 0 Å². The van der Waals surface area contributed by atoms with Crippen molar-refractivity contribution in [3.8, 4) is 0 Å². The van der Waals surface area contributed by atoms with E-state index < -0.39 is 0 Å². The first-order valence-electron chi connectivity index (χ1n) is 10.4. The highest BCUT2D eigenvalue weighted by molar-refractivity contribution is 5.94. The minimum atomic E-state index is -0.0419. The number of carbonyl (C=O) groups excluding carboxylic acids is 1. The van der Waals surface area contributed by atoms with Crippen LogP contribution in [-0.4, -0.2) is 63.4 Å². The van der Waals surface area contributed by atoms with Gasteiger partial charge in [0.15, 0.2) is 0 Å². The van der Waals surface area contributed by atoms with Gasteiger partial charge in [0.2, 0.25) is 0 Å². The Morgan fingerprint density at radius 2 is 1.45 bits per heavy atom. The Hall–Kier alpha value is -2.41. The van der Waals surface area contributed by atoms with E-state index in [9.17, 15) is 4.79 Å². The molecule has 0 aliphatic carbocycles. The molecular formula is C23H29N3O3. The molecule has 2 aromatic carbocycles. The SMILES string of the molecule is O=C(NCc1ccccc1CN1CCOCC1)c1ccc(N2CCOCC2)cc1. The molecule has 2 aliphatic rings. The molecule has 0 spiro atoms. The molecule has 6 heteroatoms. The van der Waals surface area contributed by atoms with Crippen LogP contribution in [0.3, 0.4) is 0 Å². The molecule has 0 unspecified atom stereocenters. The largest absolute Gasteiger partial charge is 0.379 e. The lowest BCUT2D eigenvalue weighted by Crippen LogP contribution is -2.36. The van der Waals surface area contributed by atoms with E-state index in [2.05, 4.69) is 33.3 Å². The number of nitrogens with zero attached hydrogens (tertiary/aromatic N) is 2. The molecule has 0 aromatic heterocycles. The maximum Gasteiger partial charge on any atom is 0.251 e. The number of amides is 1. The molecule has 1 amide bonds. The van der Waals surface area contributed by atoms with E-state index in [0.717, 1.165) is 70.4 Å². The van der Waals surface area contributed by atoms with E-state index >= 15 is 0 Å². The normalized spacial score (nSPS) is 17.9. The maximum absolute atomic E-state index is 12.6. The van der Waals surface area contributed by atoms with Crippen LogP contribution in [0.15, 0.2) is 48.5 Å². The molecule has 29 heavy (non-hydrogen) atoms. The van der Waals surface area contributed by atoms with Crippen molar-refractivity contribution in [3.05, 3.63) is 65.2 Å². The van der Waals surface area contributed by atoms with Crippen LogP contribution in [0.2, 0.25) is 0 Å². The van der Waals surface area contributed by atoms with Crippen LogP contribution < -0.4 is 10.2 Å². The molecule has 0 bridgehead atoms. The minimum Gasteiger partial charge on any atom is -0.379 e. The first-order chi connectivity index (χ1) is 14.3. The van der Waals surface area contributed by atoms with Crippen LogP contribution in [0, 0.1) is 0 Å². The average molecular weight is 396 g/mol. The second-order valence-electron chi connectivity index (χ2n) is 7.49. The summed E-state index contributed by atoms with van der Waals surface area (Å²) in [5.41, 5.74) is 4.25. The number of nitrogens with one attached hydrogen (secondary N) is 1. The zero-order valence-corrected chi connectivity index (χ0v) is 16.8. The van der Waals surface area contributed by atoms with Crippen LogP contribution in [-0.2, 0) is 22.6 Å². The lowest BCUT2D eigenvalue weighted by molar-refractivity contribution is 0.0340. The number of benzene rings is 2. The Morgan fingerprint density at radius 3 is 2.14 bits per heavy atom. The summed E-state index contributed by atoms with van der Waals surface area (Å²) in [4.78, 5) is 17.3. The standard InChI is InChI=1S/C23H29N3O3/c27-23(19-5-7-22(8-6-19)26-11-15-29-16-12-26)24-17-20-3-1-2-4-21(20)18-25-9-13-28-14-10-25/h1-8H,9-18H2,(H,24,27). The van der Waals surface area contributed by atoms with Crippen LogP contribution in [0.1, 0.15) is 21.5 Å². The van der Waals surface area contributed by atoms with Crippen LogP contribution in [0.25, 0.3) is 0 Å². The van der Waals surface area contributed by atoms with Gasteiger partial charge in [-0.2, -0.15) is 0 Å². The summed E-state index contributed by atoms with van der Waals surface area (Å²) in [5, 5.41) is 3.08. The van der Waals surface area contributed by atoms with Crippen molar-refractivity contribution in [3.63, 3.8) is 0 Å². The quantitative estimate of drug-likeness (QED) is 0.813. The third-order valence-electron chi connectivity index (χ3n) is 5.56. The summed E-state index contributed by atoms with van der Waals surface area (Å²) in [6.07, 6.45) is 0. The van der Waals surface area contributed by atoms with Crippen molar-refractivity contribution in [2.75, 3.05) is 57.5 Å². The Kier molecular flexibility index (Phi) is 6.77. The molecule has 0 saturated carbocycles. The van der Waals surface area contributed by atoms with Gasteiger partial charge in [0, 0.05) is 50.5 Å². The van der Waals surface area contributed by atoms with Gasteiger partial charge in [-0.05, 0) is 35.4 Å². The molecule has 6 nitrogen and oxygen atoms in total.